The molecule has 0 aliphatic carbocycles. The van der Waals surface area contributed by atoms with E-state index in [1.807, 2.05) is 53.4 Å². The lowest BCUT2D eigenvalue weighted by molar-refractivity contribution is -0.671. The Morgan fingerprint density at radius 1 is 0.590 bits per heavy atom. The minimum atomic E-state index is -2.56. The van der Waals surface area contributed by atoms with E-state index >= 15 is 0 Å². The predicted molar refractivity (Wildman–Crippen MR) is 131 cm³/mol. The van der Waals surface area contributed by atoms with Gasteiger partial charge >= 0.3 is 21.6 Å². The molecule has 0 saturated heterocycles. The molecule has 0 aliphatic rings. The molecule has 3 aromatic rings. The van der Waals surface area contributed by atoms with Crippen LogP contribution < -0.4 is 28.8 Å². The van der Waals surface area contributed by atoms with Crippen molar-refractivity contribution in [3.63, 3.8) is 0 Å². The number of nitrogens with zero attached hydrogens (tertiary/aromatic N) is 9. The number of hydrogen-bond acceptors (Lipinski definition) is 6. The number of nitriles is 3. The van der Waals surface area contributed by atoms with Crippen molar-refractivity contribution < 1.29 is 41.7 Å². The van der Waals surface area contributed by atoms with Crippen molar-refractivity contribution in [2.75, 3.05) is 0 Å². The number of rotatable bonds is 3. The van der Waals surface area contributed by atoms with Crippen molar-refractivity contribution >= 4 is 21.6 Å². The SMILES string of the molecule is CCn1cc[n+](C)c1.CCn1cc[n+](C)c1.CCn1cc[n+](C)c1.N#CB([O-])F.N#CB([O-])F.N#CB([O-])F. The minimum absolute atomic E-state index is 0.806. The quantitative estimate of drug-likeness (QED) is 0.261. The Hall–Kier alpha value is -4.04. The number of halogens is 3. The van der Waals surface area contributed by atoms with Crippen LogP contribution in [0.5, 0.6) is 0 Å². The first-order chi connectivity index (χ1) is 18.3. The molecule has 0 unspecified atom stereocenters. The number of imidazole rings is 3. The summed E-state index contributed by atoms with van der Waals surface area (Å²) in [6.07, 6.45) is 18.4. The predicted octanol–water partition coefficient (Wildman–Crippen LogP) is -2.40. The van der Waals surface area contributed by atoms with E-state index in [9.17, 15) is 12.9 Å². The summed E-state index contributed by atoms with van der Waals surface area (Å²) in [7, 11) is -1.62. The summed E-state index contributed by atoms with van der Waals surface area (Å²) in [4.78, 5) is 0. The molecular formula is C21H33B3F3N9O3. The van der Waals surface area contributed by atoms with Gasteiger partial charge in [-0.3, -0.25) is 0 Å². The summed E-state index contributed by atoms with van der Waals surface area (Å²) >= 11 is 0. The normalized spacial score (nSPS) is 8.23. The summed E-state index contributed by atoms with van der Waals surface area (Å²) in [6.45, 7) is 9.54. The largest absolute Gasteiger partial charge is 0.840 e. The Bertz CT molecular complexity index is 983. The maximum Gasteiger partial charge on any atom is 0.365 e. The maximum absolute atomic E-state index is 10.5. The van der Waals surface area contributed by atoms with Crippen LogP contribution in [0, 0.1) is 33.7 Å². The molecule has 0 bridgehead atoms. The molecule has 3 aromatic heterocycles. The van der Waals surface area contributed by atoms with E-state index in [1.54, 1.807) is 0 Å². The summed E-state index contributed by atoms with van der Waals surface area (Å²) in [6, 6.07) is 0. The van der Waals surface area contributed by atoms with Crippen molar-refractivity contribution in [3.05, 3.63) is 56.2 Å². The molecule has 0 atom stereocenters. The molecule has 3 heterocycles. The second-order valence-corrected chi connectivity index (χ2v) is 7.06. The second-order valence-electron chi connectivity index (χ2n) is 7.06. The van der Waals surface area contributed by atoms with Crippen LogP contribution >= 0.6 is 0 Å². The van der Waals surface area contributed by atoms with Gasteiger partial charge in [-0.15, -0.1) is 0 Å². The highest BCUT2D eigenvalue weighted by molar-refractivity contribution is 6.49. The molecule has 3 rings (SSSR count). The van der Waals surface area contributed by atoms with Gasteiger partial charge in [0.15, 0.2) is 0 Å². The van der Waals surface area contributed by atoms with Crippen LogP contribution in [0.15, 0.2) is 56.2 Å². The molecular weight excluding hydrogens is 516 g/mol. The highest BCUT2D eigenvalue weighted by Gasteiger charge is 1.93. The number of aryl methyl sites for hydroxylation is 6. The van der Waals surface area contributed by atoms with E-state index in [2.05, 4.69) is 72.0 Å². The first-order valence-corrected chi connectivity index (χ1v) is 11.4. The van der Waals surface area contributed by atoms with E-state index < -0.39 is 21.6 Å². The van der Waals surface area contributed by atoms with Gasteiger partial charge in [-0.1, -0.05) is 0 Å². The van der Waals surface area contributed by atoms with Gasteiger partial charge in [-0.05, 0) is 20.8 Å². The van der Waals surface area contributed by atoms with Crippen LogP contribution in [-0.2, 0) is 40.8 Å². The first-order valence-electron chi connectivity index (χ1n) is 11.4. The molecule has 12 nitrogen and oxygen atoms in total. The lowest BCUT2D eigenvalue weighted by Crippen LogP contribution is -2.23. The van der Waals surface area contributed by atoms with E-state index in [0.717, 1.165) is 37.5 Å². The third kappa shape index (κ3) is 28.4. The highest BCUT2D eigenvalue weighted by atomic mass is 19.1. The first kappa shape index (κ1) is 39.5. The Kier molecular flexibility index (Phi) is 25.9. The van der Waals surface area contributed by atoms with Gasteiger partial charge in [0, 0.05) is 17.9 Å². The molecule has 0 amide bonds. The topological polar surface area (TPSA) is 167 Å². The lowest BCUT2D eigenvalue weighted by atomic mass is 10.0. The Morgan fingerprint density at radius 2 is 0.769 bits per heavy atom. The van der Waals surface area contributed by atoms with Crippen LogP contribution in [0.2, 0.25) is 0 Å². The summed E-state index contributed by atoms with van der Waals surface area (Å²) in [5.74, 6) is 2.42. The average Bonchev–Trinajstić information content (AvgIpc) is 3.66. The summed E-state index contributed by atoms with van der Waals surface area (Å²) in [5, 5.41) is 48.2. The molecule has 210 valence electrons. The van der Waals surface area contributed by atoms with Crippen LogP contribution in [0.25, 0.3) is 0 Å². The summed E-state index contributed by atoms with van der Waals surface area (Å²) in [5.41, 5.74) is 0. The van der Waals surface area contributed by atoms with Crippen LogP contribution in [-0.4, -0.2) is 35.3 Å². The van der Waals surface area contributed by atoms with Crippen LogP contribution in [0.4, 0.5) is 12.9 Å². The Balaban J connectivity index is -0.000000406. The fourth-order valence-corrected chi connectivity index (χ4v) is 2.07. The zero-order valence-corrected chi connectivity index (χ0v) is 22.9. The molecule has 0 fully saturated rings. The second kappa shape index (κ2) is 25.6. The van der Waals surface area contributed by atoms with Gasteiger partial charge in [0.1, 0.15) is 37.2 Å². The monoisotopic (exact) mass is 549 g/mol. The van der Waals surface area contributed by atoms with Crippen molar-refractivity contribution in [1.29, 1.82) is 15.8 Å². The van der Waals surface area contributed by atoms with Gasteiger partial charge in [0.25, 0.3) is 0 Å². The van der Waals surface area contributed by atoms with E-state index in [-0.39, 0.29) is 0 Å². The highest BCUT2D eigenvalue weighted by Crippen LogP contribution is 1.80. The molecule has 0 radical (unpaired) electrons. The van der Waals surface area contributed by atoms with Crippen molar-refractivity contribution in [2.24, 2.45) is 21.1 Å². The van der Waals surface area contributed by atoms with Crippen LogP contribution in [0.1, 0.15) is 20.8 Å². The molecule has 0 spiro atoms. The molecule has 39 heavy (non-hydrogen) atoms. The van der Waals surface area contributed by atoms with Gasteiger partial charge < -0.3 is 28.0 Å². The maximum atomic E-state index is 10.5. The van der Waals surface area contributed by atoms with Crippen molar-refractivity contribution in [1.82, 2.24) is 13.7 Å². The van der Waals surface area contributed by atoms with Gasteiger partial charge in [-0.25, -0.2) is 43.2 Å². The average molecular weight is 549 g/mol. The van der Waals surface area contributed by atoms with E-state index in [1.165, 1.54) is 0 Å². The third-order valence-electron chi connectivity index (χ3n) is 3.87. The number of hydrogen-bond donors (Lipinski definition) is 0. The van der Waals surface area contributed by atoms with E-state index in [4.69, 9.17) is 30.9 Å². The minimum Gasteiger partial charge on any atom is -0.840 e. The van der Waals surface area contributed by atoms with Crippen LogP contribution in [0.3, 0.4) is 0 Å². The van der Waals surface area contributed by atoms with Gasteiger partial charge in [-0.2, -0.15) is 0 Å². The molecule has 0 saturated carbocycles. The molecule has 0 aromatic carbocycles. The third-order valence-corrected chi connectivity index (χ3v) is 3.87. The fourth-order valence-electron chi connectivity index (χ4n) is 2.07. The van der Waals surface area contributed by atoms with Gasteiger partial charge in [0.2, 0.25) is 19.0 Å². The molecule has 0 aliphatic heterocycles. The molecule has 18 heteroatoms. The zero-order chi connectivity index (χ0) is 30.8. The Morgan fingerprint density at radius 3 is 0.821 bits per heavy atom. The van der Waals surface area contributed by atoms with Crippen molar-refractivity contribution in [3.8, 4) is 17.9 Å². The van der Waals surface area contributed by atoms with Gasteiger partial charge in [0.05, 0.1) is 40.8 Å². The molecule has 0 N–H and O–H groups in total. The van der Waals surface area contributed by atoms with Crippen molar-refractivity contribution in [2.45, 2.75) is 40.4 Å². The number of aromatic nitrogens is 6. The fraction of sp³-hybridized carbons (Fsp3) is 0.429. The standard InChI is InChI=1S/3C6H11N2.3CBFNO/c3*1-3-8-5-4-7(2)6-8;3*3-2(5)1-4/h3*4-6H,3H2,1-2H3;;;/q3*+1;3*-1. The lowest BCUT2D eigenvalue weighted by Gasteiger charge is -1.86. The Labute approximate surface area is 228 Å². The summed E-state index contributed by atoms with van der Waals surface area (Å²) < 4.78 is 44.0. The smallest absolute Gasteiger partial charge is 0.365 e. The zero-order valence-electron chi connectivity index (χ0n) is 22.9. The van der Waals surface area contributed by atoms with E-state index in [0.29, 0.717) is 0 Å².